The van der Waals surface area contributed by atoms with E-state index in [9.17, 15) is 4.79 Å². The third-order valence-electron chi connectivity index (χ3n) is 2.74. The second kappa shape index (κ2) is 6.32. The Labute approximate surface area is 102 Å². The van der Waals surface area contributed by atoms with Crippen LogP contribution in [0.1, 0.15) is 19.8 Å². The van der Waals surface area contributed by atoms with Crippen LogP contribution in [-0.4, -0.2) is 41.0 Å². The molecule has 94 valence electrons. The number of nitrogens with two attached hydrogens (primary N) is 1. The van der Waals surface area contributed by atoms with E-state index in [1.807, 2.05) is 12.3 Å². The van der Waals surface area contributed by atoms with Gasteiger partial charge >= 0.3 is 5.97 Å². The molecule has 0 aromatic carbocycles. The molecule has 1 unspecified atom stereocenters. The Kier molecular flexibility index (Phi) is 5.06. The van der Waals surface area contributed by atoms with E-state index >= 15 is 0 Å². The van der Waals surface area contributed by atoms with Crippen LogP contribution in [0.2, 0.25) is 0 Å². The molecule has 0 aliphatic carbocycles. The van der Waals surface area contributed by atoms with Crippen molar-refractivity contribution < 1.29 is 14.4 Å². The fourth-order valence-electron chi connectivity index (χ4n) is 1.94. The van der Waals surface area contributed by atoms with Gasteiger partial charge in [-0.15, -0.1) is 0 Å². The van der Waals surface area contributed by atoms with Crippen molar-refractivity contribution in [2.24, 2.45) is 10.7 Å². The third kappa shape index (κ3) is 3.51. The summed E-state index contributed by atoms with van der Waals surface area (Å²) in [6.45, 7) is 3.08. The molecule has 0 saturated heterocycles. The van der Waals surface area contributed by atoms with E-state index in [0.717, 1.165) is 12.3 Å². The molecule has 1 heterocycles. The Morgan fingerprint density at radius 2 is 2.35 bits per heavy atom. The number of carbonyl (C=O) groups is 1. The normalized spacial score (nSPS) is 23.3. The highest BCUT2D eigenvalue weighted by molar-refractivity contribution is 5.82. The molecule has 0 radical (unpaired) electrons. The highest BCUT2D eigenvalue weighted by Crippen LogP contribution is 2.19. The van der Waals surface area contributed by atoms with Gasteiger partial charge in [0.25, 0.3) is 0 Å². The van der Waals surface area contributed by atoms with Gasteiger partial charge in [-0.05, 0) is 6.42 Å². The first-order valence-corrected chi connectivity index (χ1v) is 5.83. The molecule has 1 atom stereocenters. The number of allylic oxidation sites excluding steroid dienone is 1. The van der Waals surface area contributed by atoms with Crippen LogP contribution in [0.3, 0.4) is 0 Å². The summed E-state index contributed by atoms with van der Waals surface area (Å²) in [4.78, 5) is 15.2. The first-order valence-electron chi connectivity index (χ1n) is 5.83. The number of amidine groups is 1. The molecule has 0 saturated carbocycles. The number of aliphatic carboxylic acids is 1. The van der Waals surface area contributed by atoms with Gasteiger partial charge in [0, 0.05) is 6.54 Å². The van der Waals surface area contributed by atoms with Crippen molar-refractivity contribution in [3.63, 3.8) is 0 Å². The smallest absolute Gasteiger partial charge is 0.360 e. The Morgan fingerprint density at radius 3 is 2.94 bits per heavy atom. The fourth-order valence-corrected chi connectivity index (χ4v) is 1.94. The van der Waals surface area contributed by atoms with Gasteiger partial charge in [0.05, 0.1) is 12.6 Å². The SMILES string of the molecule is CC/C=C/CC1=NC=C[N+]1(CCN)CC(=O)O. The predicted octanol–water partition coefficient (Wildman–Crippen LogP) is 1.09. The second-order valence-electron chi connectivity index (χ2n) is 4.03. The lowest BCUT2D eigenvalue weighted by Gasteiger charge is -2.29. The number of quaternary nitrogens is 1. The van der Waals surface area contributed by atoms with E-state index in [1.54, 1.807) is 6.20 Å². The maximum absolute atomic E-state index is 10.9. The van der Waals surface area contributed by atoms with Crippen LogP contribution in [0.4, 0.5) is 0 Å². The van der Waals surface area contributed by atoms with E-state index in [2.05, 4.69) is 18.0 Å². The lowest BCUT2D eigenvalue weighted by molar-refractivity contribution is -0.777. The third-order valence-corrected chi connectivity index (χ3v) is 2.74. The maximum atomic E-state index is 10.9. The van der Waals surface area contributed by atoms with Gasteiger partial charge in [-0.2, -0.15) is 0 Å². The highest BCUT2D eigenvalue weighted by Gasteiger charge is 2.36. The number of nitrogens with zero attached hydrogens (tertiary/aromatic N) is 2. The summed E-state index contributed by atoms with van der Waals surface area (Å²) >= 11 is 0. The molecular formula is C12H20N3O2+. The summed E-state index contributed by atoms with van der Waals surface area (Å²) in [6.07, 6.45) is 9.21. The molecule has 0 bridgehead atoms. The molecule has 5 nitrogen and oxygen atoms in total. The number of carboxylic acid groups (broad SMARTS) is 1. The Hall–Kier alpha value is -1.46. The first-order chi connectivity index (χ1) is 8.14. The van der Waals surface area contributed by atoms with E-state index in [4.69, 9.17) is 10.8 Å². The van der Waals surface area contributed by atoms with E-state index < -0.39 is 5.97 Å². The van der Waals surface area contributed by atoms with Crippen LogP contribution >= 0.6 is 0 Å². The van der Waals surface area contributed by atoms with Gasteiger partial charge < -0.3 is 10.8 Å². The van der Waals surface area contributed by atoms with E-state index in [0.29, 0.717) is 19.5 Å². The Bertz CT molecular complexity index is 361. The second-order valence-corrected chi connectivity index (χ2v) is 4.03. The molecule has 1 rings (SSSR count). The monoisotopic (exact) mass is 238 g/mol. The van der Waals surface area contributed by atoms with E-state index in [-0.39, 0.29) is 11.0 Å². The quantitative estimate of drug-likeness (QED) is 0.515. The number of rotatable bonds is 7. The van der Waals surface area contributed by atoms with Crippen molar-refractivity contribution >= 4 is 11.8 Å². The summed E-state index contributed by atoms with van der Waals surface area (Å²) in [7, 11) is 0. The summed E-state index contributed by atoms with van der Waals surface area (Å²) in [5, 5.41) is 8.99. The van der Waals surface area contributed by atoms with Gasteiger partial charge in [0.1, 0.15) is 12.7 Å². The van der Waals surface area contributed by atoms with E-state index in [1.165, 1.54) is 0 Å². The standard InChI is InChI=1S/C12H19N3O2/c1-2-3-4-5-11-14-7-9-15(11,8-6-13)10-12(16)17/h3-4,7,9H,2,5-6,8,10,13H2,1H3/p+1/b4-3+. The molecule has 0 spiro atoms. The molecular weight excluding hydrogens is 218 g/mol. The fraction of sp³-hybridized carbons (Fsp3) is 0.500. The van der Waals surface area contributed by atoms with Gasteiger partial charge in [-0.25, -0.2) is 14.3 Å². The molecule has 0 aromatic heterocycles. The van der Waals surface area contributed by atoms with Crippen LogP contribution < -0.4 is 5.73 Å². The van der Waals surface area contributed by atoms with Crippen LogP contribution in [0.5, 0.6) is 0 Å². The largest absolute Gasteiger partial charge is 0.477 e. The van der Waals surface area contributed by atoms with Gasteiger partial charge in [0.15, 0.2) is 6.54 Å². The first kappa shape index (κ1) is 13.6. The zero-order valence-corrected chi connectivity index (χ0v) is 10.2. The van der Waals surface area contributed by atoms with Crippen LogP contribution in [0.25, 0.3) is 0 Å². The summed E-state index contributed by atoms with van der Waals surface area (Å²) in [5.74, 6) is 0.0136. The van der Waals surface area contributed by atoms with Gasteiger partial charge in [-0.1, -0.05) is 19.1 Å². The van der Waals surface area contributed by atoms with Crippen LogP contribution in [0, 0.1) is 0 Å². The van der Waals surface area contributed by atoms with Gasteiger partial charge in [-0.3, -0.25) is 0 Å². The lowest BCUT2D eigenvalue weighted by atomic mass is 10.2. The average Bonchev–Trinajstić information content (AvgIpc) is 2.61. The minimum atomic E-state index is -0.836. The van der Waals surface area contributed by atoms with Crippen LogP contribution in [-0.2, 0) is 4.79 Å². The average molecular weight is 238 g/mol. The zero-order chi connectivity index (χ0) is 12.7. The lowest BCUT2D eigenvalue weighted by Crippen LogP contribution is -2.52. The van der Waals surface area contributed by atoms with Gasteiger partial charge in [0.2, 0.25) is 5.84 Å². The molecule has 3 N–H and O–H groups in total. The molecule has 0 fully saturated rings. The summed E-state index contributed by atoms with van der Waals surface area (Å²) in [6, 6.07) is 0. The number of carboxylic acids is 1. The Balaban J connectivity index is 2.80. The number of aliphatic imine (C=N–C) groups is 1. The molecule has 1 aliphatic heterocycles. The molecule has 1 aliphatic rings. The number of hydrogen-bond acceptors (Lipinski definition) is 3. The molecule has 5 heteroatoms. The van der Waals surface area contributed by atoms with Crippen LogP contribution in [0.15, 0.2) is 29.5 Å². The van der Waals surface area contributed by atoms with Crippen molar-refractivity contribution in [1.29, 1.82) is 0 Å². The summed E-state index contributed by atoms with van der Waals surface area (Å²) in [5.41, 5.74) is 5.57. The van der Waals surface area contributed by atoms with Crippen molar-refractivity contribution in [1.82, 2.24) is 0 Å². The minimum Gasteiger partial charge on any atom is -0.477 e. The predicted molar refractivity (Wildman–Crippen MR) is 67.3 cm³/mol. The van der Waals surface area contributed by atoms with Crippen molar-refractivity contribution in [3.8, 4) is 0 Å². The maximum Gasteiger partial charge on any atom is 0.360 e. The summed E-state index contributed by atoms with van der Waals surface area (Å²) < 4.78 is 0.250. The Morgan fingerprint density at radius 1 is 1.59 bits per heavy atom. The molecule has 0 amide bonds. The zero-order valence-electron chi connectivity index (χ0n) is 10.2. The molecule has 0 aromatic rings. The topological polar surface area (TPSA) is 75.7 Å². The van der Waals surface area contributed by atoms with Crippen molar-refractivity contribution in [2.75, 3.05) is 19.6 Å². The number of hydrogen-bond donors (Lipinski definition) is 2. The highest BCUT2D eigenvalue weighted by atomic mass is 16.4. The van der Waals surface area contributed by atoms with Crippen molar-refractivity contribution in [3.05, 3.63) is 24.6 Å². The van der Waals surface area contributed by atoms with Crippen molar-refractivity contribution in [2.45, 2.75) is 19.8 Å². The molecule has 17 heavy (non-hydrogen) atoms. The minimum absolute atomic E-state index is 0.00645.